The maximum Gasteiger partial charge on any atom is 0.232 e. The Kier molecular flexibility index (Phi) is 6.72. The van der Waals surface area contributed by atoms with Gasteiger partial charge in [0, 0.05) is 41.3 Å². The van der Waals surface area contributed by atoms with E-state index in [0.29, 0.717) is 24.3 Å². The summed E-state index contributed by atoms with van der Waals surface area (Å²) < 4.78 is 11.6. The van der Waals surface area contributed by atoms with Crippen molar-refractivity contribution in [1.82, 2.24) is 0 Å². The Hall–Kier alpha value is -4.64. The maximum atomic E-state index is 13.9. The van der Waals surface area contributed by atoms with E-state index < -0.39 is 0 Å². The van der Waals surface area contributed by atoms with Crippen LogP contribution in [-0.4, -0.2) is 18.8 Å². The number of anilines is 1. The second-order valence-corrected chi connectivity index (χ2v) is 9.94. The molecule has 5 nitrogen and oxygen atoms in total. The highest BCUT2D eigenvalue weighted by molar-refractivity contribution is 6.08. The smallest absolute Gasteiger partial charge is 0.232 e. The summed E-state index contributed by atoms with van der Waals surface area (Å²) in [7, 11) is 1.62. The molecule has 0 saturated heterocycles. The van der Waals surface area contributed by atoms with Gasteiger partial charge in [0.15, 0.2) is 5.78 Å². The van der Waals surface area contributed by atoms with E-state index in [1.165, 1.54) is 0 Å². The molecule has 4 aromatic rings. The molecule has 6 rings (SSSR count). The van der Waals surface area contributed by atoms with Gasteiger partial charge in [-0.3, -0.25) is 14.5 Å². The largest absolute Gasteiger partial charge is 0.496 e. The molecule has 0 N–H and O–H groups in total. The lowest BCUT2D eigenvalue weighted by atomic mass is 9.72. The lowest BCUT2D eigenvalue weighted by Crippen LogP contribution is -2.41. The van der Waals surface area contributed by atoms with Gasteiger partial charge in [-0.1, -0.05) is 66.7 Å². The van der Waals surface area contributed by atoms with Crippen LogP contribution in [0.5, 0.6) is 17.2 Å². The fourth-order valence-electron chi connectivity index (χ4n) is 5.80. The number of carbonyl (C=O) groups is 2. The van der Waals surface area contributed by atoms with Gasteiger partial charge < -0.3 is 9.47 Å². The van der Waals surface area contributed by atoms with Crippen LogP contribution in [0.1, 0.15) is 42.2 Å². The average Bonchev–Trinajstić information content (AvgIpc) is 2.98. The number of para-hydroxylation sites is 2. The van der Waals surface area contributed by atoms with Crippen LogP contribution >= 0.6 is 0 Å². The minimum Gasteiger partial charge on any atom is -0.496 e. The van der Waals surface area contributed by atoms with Gasteiger partial charge in [-0.05, 0) is 60.4 Å². The molecular weight excluding hydrogens is 486 g/mol. The number of allylic oxidation sites excluding steroid dienone is 2. The quantitative estimate of drug-likeness (QED) is 0.268. The van der Waals surface area contributed by atoms with Gasteiger partial charge in [0.1, 0.15) is 17.2 Å². The Labute approximate surface area is 228 Å². The highest BCUT2D eigenvalue weighted by Crippen LogP contribution is 2.48. The first-order valence-corrected chi connectivity index (χ1v) is 13.2. The Morgan fingerprint density at radius 1 is 0.692 bits per heavy atom. The van der Waals surface area contributed by atoms with Crippen molar-refractivity contribution in [2.45, 2.75) is 31.1 Å². The first-order valence-electron chi connectivity index (χ1n) is 13.2. The van der Waals surface area contributed by atoms with Crippen molar-refractivity contribution in [3.8, 4) is 17.2 Å². The predicted molar refractivity (Wildman–Crippen MR) is 151 cm³/mol. The average molecular weight is 516 g/mol. The molecule has 5 heteroatoms. The van der Waals surface area contributed by atoms with E-state index in [1.807, 2.05) is 97.1 Å². The van der Waals surface area contributed by atoms with Crippen molar-refractivity contribution in [3.05, 3.63) is 132 Å². The number of rotatable bonds is 6. The zero-order valence-electron chi connectivity index (χ0n) is 21.7. The molecule has 2 atom stereocenters. The lowest BCUT2D eigenvalue weighted by Gasteiger charge is -2.40. The van der Waals surface area contributed by atoms with Crippen molar-refractivity contribution in [2.75, 3.05) is 12.0 Å². The number of hydrogen-bond donors (Lipinski definition) is 0. The highest BCUT2D eigenvalue weighted by atomic mass is 16.5. The third-order valence-corrected chi connectivity index (χ3v) is 7.59. The van der Waals surface area contributed by atoms with Crippen molar-refractivity contribution in [3.63, 3.8) is 0 Å². The summed E-state index contributed by atoms with van der Waals surface area (Å²) in [5.41, 5.74) is 4.21. The number of ether oxygens (including phenoxy) is 2. The van der Waals surface area contributed by atoms with Crippen LogP contribution in [0.2, 0.25) is 0 Å². The second kappa shape index (κ2) is 10.6. The number of carbonyl (C=O) groups excluding carboxylic acids is 2. The van der Waals surface area contributed by atoms with Crippen molar-refractivity contribution >= 4 is 17.4 Å². The van der Waals surface area contributed by atoms with Crippen LogP contribution in [-0.2, 0) is 9.59 Å². The molecule has 0 fully saturated rings. The standard InChI is InChI=1S/C34H29NO4/c1-38-32-15-9-8-14-28(32)29-22-33(37)35(25-16-18-27(19-17-25)39-26-12-6-3-7-13-26)30-20-24(21-31(36)34(29)30)23-10-4-2-5-11-23/h2-19,24,29H,20-22H2,1H3. The summed E-state index contributed by atoms with van der Waals surface area (Å²) in [5.74, 6) is 1.82. The van der Waals surface area contributed by atoms with Crippen LogP contribution in [0, 0.1) is 0 Å². The van der Waals surface area contributed by atoms with Crippen LogP contribution in [0.4, 0.5) is 5.69 Å². The zero-order chi connectivity index (χ0) is 26.8. The Morgan fingerprint density at radius 3 is 2.05 bits per heavy atom. The van der Waals surface area contributed by atoms with E-state index in [-0.39, 0.29) is 29.9 Å². The van der Waals surface area contributed by atoms with Gasteiger partial charge >= 0.3 is 0 Å². The molecule has 0 radical (unpaired) electrons. The fourth-order valence-corrected chi connectivity index (χ4v) is 5.80. The summed E-state index contributed by atoms with van der Waals surface area (Å²) in [6, 6.07) is 34.9. The fraction of sp³-hybridized carbons (Fsp3) is 0.176. The minimum absolute atomic E-state index is 0.00450. The van der Waals surface area contributed by atoms with Crippen molar-refractivity contribution < 1.29 is 19.1 Å². The molecule has 0 spiro atoms. The molecule has 0 aromatic heterocycles. The third kappa shape index (κ3) is 4.84. The van der Waals surface area contributed by atoms with E-state index in [2.05, 4.69) is 12.1 Å². The summed E-state index contributed by atoms with van der Waals surface area (Å²) in [6.07, 6.45) is 1.22. The van der Waals surface area contributed by atoms with E-state index in [4.69, 9.17) is 9.47 Å². The van der Waals surface area contributed by atoms with E-state index in [9.17, 15) is 9.59 Å². The van der Waals surface area contributed by atoms with Gasteiger partial charge in [-0.15, -0.1) is 0 Å². The predicted octanol–water partition coefficient (Wildman–Crippen LogP) is 7.41. The first-order chi connectivity index (χ1) is 19.1. The molecule has 4 aromatic carbocycles. The number of hydrogen-bond acceptors (Lipinski definition) is 4. The van der Waals surface area contributed by atoms with Gasteiger partial charge in [0.05, 0.1) is 7.11 Å². The van der Waals surface area contributed by atoms with Crippen LogP contribution in [0.15, 0.2) is 120 Å². The molecule has 2 aliphatic rings. The number of benzene rings is 4. The molecule has 39 heavy (non-hydrogen) atoms. The summed E-state index contributed by atoms with van der Waals surface area (Å²) in [6.45, 7) is 0. The normalized spacial score (nSPS) is 19.1. The number of ketones is 1. The van der Waals surface area contributed by atoms with Crippen molar-refractivity contribution in [2.24, 2.45) is 0 Å². The monoisotopic (exact) mass is 515 g/mol. The first kappa shape index (κ1) is 24.7. The Morgan fingerprint density at radius 2 is 1.33 bits per heavy atom. The summed E-state index contributed by atoms with van der Waals surface area (Å²) in [5, 5.41) is 0. The summed E-state index contributed by atoms with van der Waals surface area (Å²) in [4.78, 5) is 29.5. The maximum absolute atomic E-state index is 13.9. The van der Waals surface area contributed by atoms with Crippen LogP contribution in [0.25, 0.3) is 0 Å². The molecule has 1 amide bonds. The number of Topliss-reactive ketones (excluding diaryl/α,β-unsaturated/α-hetero) is 1. The lowest BCUT2D eigenvalue weighted by molar-refractivity contribution is -0.120. The highest BCUT2D eigenvalue weighted by Gasteiger charge is 2.43. The Bertz CT molecular complexity index is 1530. The van der Waals surface area contributed by atoms with Crippen LogP contribution in [0.3, 0.4) is 0 Å². The number of methoxy groups -OCH3 is 1. The number of nitrogens with zero attached hydrogens (tertiary/aromatic N) is 1. The van der Waals surface area contributed by atoms with Gasteiger partial charge in [-0.2, -0.15) is 0 Å². The Balaban J connectivity index is 1.42. The van der Waals surface area contributed by atoms with E-state index in [0.717, 1.165) is 33.8 Å². The number of amides is 1. The second-order valence-electron chi connectivity index (χ2n) is 9.94. The third-order valence-electron chi connectivity index (χ3n) is 7.59. The molecule has 1 aliphatic carbocycles. The minimum atomic E-state index is -0.343. The molecule has 0 bridgehead atoms. The molecule has 1 aliphatic heterocycles. The zero-order valence-corrected chi connectivity index (χ0v) is 21.7. The van der Waals surface area contributed by atoms with Gasteiger partial charge in [0.2, 0.25) is 5.91 Å². The molecule has 1 heterocycles. The molecule has 2 unspecified atom stereocenters. The van der Waals surface area contributed by atoms with Crippen LogP contribution < -0.4 is 14.4 Å². The molecular formula is C34H29NO4. The SMILES string of the molecule is COc1ccccc1C1CC(=O)N(c2ccc(Oc3ccccc3)cc2)C2=C1C(=O)CC(c1ccccc1)C2. The molecule has 0 saturated carbocycles. The van der Waals surface area contributed by atoms with Gasteiger partial charge in [0.25, 0.3) is 0 Å². The molecule has 194 valence electrons. The van der Waals surface area contributed by atoms with Crippen molar-refractivity contribution in [1.29, 1.82) is 0 Å². The topological polar surface area (TPSA) is 55.8 Å². The van der Waals surface area contributed by atoms with E-state index >= 15 is 0 Å². The van der Waals surface area contributed by atoms with Gasteiger partial charge in [-0.25, -0.2) is 0 Å². The summed E-state index contributed by atoms with van der Waals surface area (Å²) >= 11 is 0. The van der Waals surface area contributed by atoms with E-state index in [1.54, 1.807) is 12.0 Å².